The van der Waals surface area contributed by atoms with Gasteiger partial charge in [0, 0.05) is 31.4 Å². The van der Waals surface area contributed by atoms with Gasteiger partial charge in [0.25, 0.3) is 5.91 Å². The highest BCUT2D eigenvalue weighted by Crippen LogP contribution is 2.22. The van der Waals surface area contributed by atoms with E-state index in [1.165, 1.54) is 0 Å². The van der Waals surface area contributed by atoms with E-state index in [0.717, 1.165) is 37.2 Å². The Morgan fingerprint density at radius 3 is 2.96 bits per heavy atom. The summed E-state index contributed by atoms with van der Waals surface area (Å²) in [5.74, 6) is 1.38. The molecule has 120 valence electrons. The number of carbonyl (C=O) groups is 1. The van der Waals surface area contributed by atoms with Crippen LogP contribution < -0.4 is 4.74 Å². The van der Waals surface area contributed by atoms with Crippen molar-refractivity contribution in [3.63, 3.8) is 0 Å². The third kappa shape index (κ3) is 3.89. The van der Waals surface area contributed by atoms with Crippen LogP contribution in [-0.4, -0.2) is 35.5 Å². The molecule has 1 aromatic heterocycles. The molecule has 1 fully saturated rings. The second kappa shape index (κ2) is 7.27. The molecule has 4 nitrogen and oxygen atoms in total. The van der Waals surface area contributed by atoms with Gasteiger partial charge in [0.05, 0.1) is 12.2 Å². The normalized spacial score (nSPS) is 17.8. The molecule has 3 rings (SSSR count). The summed E-state index contributed by atoms with van der Waals surface area (Å²) in [6.45, 7) is 4.27. The number of rotatable bonds is 4. The van der Waals surface area contributed by atoms with E-state index in [1.54, 1.807) is 18.5 Å². The number of likely N-dealkylation sites (tertiary alicyclic amines) is 1. The Balaban J connectivity index is 1.58. The summed E-state index contributed by atoms with van der Waals surface area (Å²) in [5.41, 5.74) is 1.81. The zero-order valence-electron chi connectivity index (χ0n) is 13.4. The van der Waals surface area contributed by atoms with E-state index in [2.05, 4.69) is 18.0 Å². The van der Waals surface area contributed by atoms with Gasteiger partial charge < -0.3 is 9.64 Å². The minimum absolute atomic E-state index is 0.0682. The Hall–Kier alpha value is -2.36. The maximum atomic E-state index is 12.5. The van der Waals surface area contributed by atoms with Gasteiger partial charge in [-0.2, -0.15) is 0 Å². The van der Waals surface area contributed by atoms with Gasteiger partial charge in [0.2, 0.25) is 0 Å². The number of hydrogen-bond acceptors (Lipinski definition) is 3. The van der Waals surface area contributed by atoms with Crippen molar-refractivity contribution in [1.29, 1.82) is 0 Å². The summed E-state index contributed by atoms with van der Waals surface area (Å²) in [7, 11) is 0. The van der Waals surface area contributed by atoms with E-state index in [0.29, 0.717) is 18.1 Å². The van der Waals surface area contributed by atoms with E-state index in [1.807, 2.05) is 29.2 Å². The van der Waals surface area contributed by atoms with E-state index < -0.39 is 0 Å². The maximum absolute atomic E-state index is 12.5. The van der Waals surface area contributed by atoms with Crippen LogP contribution in [0.2, 0.25) is 0 Å². The van der Waals surface area contributed by atoms with Gasteiger partial charge in [-0.05, 0) is 43.5 Å². The van der Waals surface area contributed by atoms with Gasteiger partial charge in [-0.3, -0.25) is 9.78 Å². The molecule has 1 aliphatic rings. The molecule has 0 bridgehead atoms. The predicted octanol–water partition coefficient (Wildman–Crippen LogP) is 3.32. The molecule has 1 aromatic carbocycles. The van der Waals surface area contributed by atoms with Gasteiger partial charge in [-0.15, -0.1) is 0 Å². The van der Waals surface area contributed by atoms with Gasteiger partial charge >= 0.3 is 0 Å². The first-order chi connectivity index (χ1) is 11.2. The quantitative estimate of drug-likeness (QED) is 0.870. The summed E-state index contributed by atoms with van der Waals surface area (Å²) in [4.78, 5) is 18.5. The van der Waals surface area contributed by atoms with Crippen LogP contribution in [0.25, 0.3) is 0 Å². The first-order valence-electron chi connectivity index (χ1n) is 8.12. The Morgan fingerprint density at radius 1 is 1.30 bits per heavy atom. The molecular weight excluding hydrogens is 288 g/mol. The standard InChI is InChI=1S/C19H22N2O2/c1-15-6-2-3-9-18(15)23-14-16-7-5-11-21(13-16)19(22)17-8-4-10-20-12-17/h2-4,6,8-10,12,16H,5,7,11,13-14H2,1H3/t16-/m1/s1. The molecule has 2 aromatic rings. The summed E-state index contributed by atoms with van der Waals surface area (Å²) in [6.07, 6.45) is 5.44. The van der Waals surface area contributed by atoms with Crippen LogP contribution in [0.15, 0.2) is 48.8 Å². The zero-order valence-corrected chi connectivity index (χ0v) is 13.4. The minimum atomic E-state index is 0.0682. The Morgan fingerprint density at radius 2 is 2.17 bits per heavy atom. The first-order valence-corrected chi connectivity index (χ1v) is 8.12. The number of aryl methyl sites for hydroxylation is 1. The lowest BCUT2D eigenvalue weighted by Crippen LogP contribution is -2.41. The van der Waals surface area contributed by atoms with E-state index in [-0.39, 0.29) is 5.91 Å². The van der Waals surface area contributed by atoms with Gasteiger partial charge in [-0.25, -0.2) is 0 Å². The van der Waals surface area contributed by atoms with Gasteiger partial charge in [-0.1, -0.05) is 18.2 Å². The smallest absolute Gasteiger partial charge is 0.255 e. The van der Waals surface area contributed by atoms with Crippen LogP contribution in [0.4, 0.5) is 0 Å². The summed E-state index contributed by atoms with van der Waals surface area (Å²) in [5, 5.41) is 0. The summed E-state index contributed by atoms with van der Waals surface area (Å²) < 4.78 is 5.96. The summed E-state index contributed by atoms with van der Waals surface area (Å²) in [6, 6.07) is 11.7. The number of amides is 1. The Kier molecular flexibility index (Phi) is 4.91. The lowest BCUT2D eigenvalue weighted by molar-refractivity contribution is 0.0632. The predicted molar refractivity (Wildman–Crippen MR) is 89.5 cm³/mol. The van der Waals surface area contributed by atoms with Gasteiger partial charge in [0.15, 0.2) is 0 Å². The first kappa shape index (κ1) is 15.5. The van der Waals surface area contributed by atoms with E-state index in [4.69, 9.17) is 4.74 Å². The number of hydrogen-bond donors (Lipinski definition) is 0. The number of benzene rings is 1. The molecule has 1 aliphatic heterocycles. The number of nitrogens with zero attached hydrogens (tertiary/aromatic N) is 2. The van der Waals surface area contributed by atoms with Gasteiger partial charge in [0.1, 0.15) is 5.75 Å². The van der Waals surface area contributed by atoms with Crippen molar-refractivity contribution >= 4 is 5.91 Å². The van der Waals surface area contributed by atoms with Crippen molar-refractivity contribution in [3.05, 3.63) is 59.9 Å². The Labute approximate surface area is 137 Å². The monoisotopic (exact) mass is 310 g/mol. The zero-order chi connectivity index (χ0) is 16.1. The summed E-state index contributed by atoms with van der Waals surface area (Å²) >= 11 is 0. The topological polar surface area (TPSA) is 42.4 Å². The molecule has 1 amide bonds. The largest absolute Gasteiger partial charge is 0.493 e. The number of para-hydroxylation sites is 1. The molecule has 0 unspecified atom stereocenters. The highest BCUT2D eigenvalue weighted by molar-refractivity contribution is 5.93. The number of pyridine rings is 1. The average molecular weight is 310 g/mol. The highest BCUT2D eigenvalue weighted by Gasteiger charge is 2.25. The molecular formula is C19H22N2O2. The van der Waals surface area contributed by atoms with Crippen molar-refractivity contribution in [2.75, 3.05) is 19.7 Å². The maximum Gasteiger partial charge on any atom is 0.255 e. The fourth-order valence-electron chi connectivity index (χ4n) is 2.98. The fraction of sp³-hybridized carbons (Fsp3) is 0.368. The second-order valence-electron chi connectivity index (χ2n) is 6.08. The third-order valence-electron chi connectivity index (χ3n) is 4.28. The van der Waals surface area contributed by atoms with Crippen LogP contribution in [-0.2, 0) is 0 Å². The molecule has 4 heteroatoms. The fourth-order valence-corrected chi connectivity index (χ4v) is 2.98. The van der Waals surface area contributed by atoms with E-state index in [9.17, 15) is 4.79 Å². The molecule has 23 heavy (non-hydrogen) atoms. The lowest BCUT2D eigenvalue weighted by Gasteiger charge is -2.32. The van der Waals surface area contributed by atoms with Crippen LogP contribution in [0.3, 0.4) is 0 Å². The average Bonchev–Trinajstić information content (AvgIpc) is 2.61. The highest BCUT2D eigenvalue weighted by atomic mass is 16.5. The van der Waals surface area contributed by atoms with Crippen LogP contribution in [0.5, 0.6) is 5.75 Å². The third-order valence-corrected chi connectivity index (χ3v) is 4.28. The molecule has 0 N–H and O–H groups in total. The van der Waals surface area contributed by atoms with Crippen LogP contribution in [0, 0.1) is 12.8 Å². The van der Waals surface area contributed by atoms with Crippen LogP contribution >= 0.6 is 0 Å². The molecule has 0 saturated carbocycles. The van der Waals surface area contributed by atoms with Crippen molar-refractivity contribution in [2.45, 2.75) is 19.8 Å². The van der Waals surface area contributed by atoms with Crippen molar-refractivity contribution in [2.24, 2.45) is 5.92 Å². The number of ether oxygens (including phenoxy) is 1. The number of carbonyl (C=O) groups excluding carboxylic acids is 1. The van der Waals surface area contributed by atoms with Crippen molar-refractivity contribution < 1.29 is 9.53 Å². The van der Waals surface area contributed by atoms with E-state index >= 15 is 0 Å². The number of piperidine rings is 1. The van der Waals surface area contributed by atoms with Crippen LogP contribution in [0.1, 0.15) is 28.8 Å². The second-order valence-corrected chi connectivity index (χ2v) is 6.08. The number of aromatic nitrogens is 1. The van der Waals surface area contributed by atoms with Crippen molar-refractivity contribution in [1.82, 2.24) is 9.88 Å². The molecule has 1 saturated heterocycles. The molecule has 1 atom stereocenters. The SMILES string of the molecule is Cc1ccccc1OC[C@@H]1CCCN(C(=O)c2cccnc2)C1. The molecule has 0 aliphatic carbocycles. The molecule has 0 spiro atoms. The lowest BCUT2D eigenvalue weighted by atomic mass is 9.98. The Bertz CT molecular complexity index is 657. The molecule has 0 radical (unpaired) electrons. The molecule has 2 heterocycles. The van der Waals surface area contributed by atoms with Crippen molar-refractivity contribution in [3.8, 4) is 5.75 Å². The minimum Gasteiger partial charge on any atom is -0.493 e.